The van der Waals surface area contributed by atoms with Gasteiger partial charge in [-0.05, 0) is 50.1 Å². The molecule has 92 valence electrons. The highest BCUT2D eigenvalue weighted by Crippen LogP contribution is 2.42. The highest BCUT2D eigenvalue weighted by Gasteiger charge is 2.36. The van der Waals surface area contributed by atoms with Gasteiger partial charge in [-0.15, -0.1) is 11.8 Å². The summed E-state index contributed by atoms with van der Waals surface area (Å²) < 4.78 is 0. The first-order valence-electron chi connectivity index (χ1n) is 6.79. The largest absolute Gasteiger partial charge is 0.293 e. The SMILES string of the molecule is CSc1ccccc1[C@@H]1CC[C@@H]2CCCCN21. The second-order valence-electron chi connectivity index (χ2n) is 5.22. The van der Waals surface area contributed by atoms with Crippen molar-refractivity contribution in [1.82, 2.24) is 4.90 Å². The Morgan fingerprint density at radius 3 is 2.88 bits per heavy atom. The summed E-state index contributed by atoms with van der Waals surface area (Å²) in [7, 11) is 0. The lowest BCUT2D eigenvalue weighted by Gasteiger charge is -2.34. The molecule has 0 saturated carbocycles. The minimum Gasteiger partial charge on any atom is -0.293 e. The predicted molar refractivity (Wildman–Crippen MR) is 74.5 cm³/mol. The Morgan fingerprint density at radius 1 is 1.12 bits per heavy atom. The summed E-state index contributed by atoms with van der Waals surface area (Å²) in [6, 6.07) is 10.6. The van der Waals surface area contributed by atoms with Crippen LogP contribution in [0.4, 0.5) is 0 Å². The third-order valence-corrected chi connectivity index (χ3v) is 5.16. The Labute approximate surface area is 109 Å². The molecule has 2 atom stereocenters. The topological polar surface area (TPSA) is 3.24 Å². The molecule has 1 aromatic carbocycles. The van der Waals surface area contributed by atoms with Gasteiger partial charge in [-0.3, -0.25) is 4.90 Å². The monoisotopic (exact) mass is 247 g/mol. The van der Waals surface area contributed by atoms with Gasteiger partial charge < -0.3 is 0 Å². The summed E-state index contributed by atoms with van der Waals surface area (Å²) in [4.78, 5) is 4.25. The molecule has 1 aromatic rings. The van der Waals surface area contributed by atoms with Crippen LogP contribution in [0.25, 0.3) is 0 Å². The van der Waals surface area contributed by atoms with E-state index >= 15 is 0 Å². The van der Waals surface area contributed by atoms with Gasteiger partial charge in [-0.1, -0.05) is 24.6 Å². The van der Waals surface area contributed by atoms with Crippen molar-refractivity contribution in [3.05, 3.63) is 29.8 Å². The molecule has 2 heteroatoms. The molecule has 2 saturated heterocycles. The van der Waals surface area contributed by atoms with Gasteiger partial charge in [-0.25, -0.2) is 0 Å². The van der Waals surface area contributed by atoms with E-state index < -0.39 is 0 Å². The summed E-state index contributed by atoms with van der Waals surface area (Å²) in [5.41, 5.74) is 1.57. The minimum absolute atomic E-state index is 0.698. The summed E-state index contributed by atoms with van der Waals surface area (Å²) in [5, 5.41) is 0. The lowest BCUT2D eigenvalue weighted by atomic mass is 10.0. The summed E-state index contributed by atoms with van der Waals surface area (Å²) in [6.45, 7) is 1.32. The first-order chi connectivity index (χ1) is 8.40. The van der Waals surface area contributed by atoms with Gasteiger partial charge in [0.1, 0.15) is 0 Å². The zero-order chi connectivity index (χ0) is 11.7. The van der Waals surface area contributed by atoms with Crippen LogP contribution in [0.1, 0.15) is 43.7 Å². The fraction of sp³-hybridized carbons (Fsp3) is 0.600. The third kappa shape index (κ3) is 2.13. The standard InChI is InChI=1S/C15H21NS/c1-17-15-8-3-2-7-13(15)14-10-9-12-6-4-5-11-16(12)14/h2-3,7-8,12,14H,4-6,9-11H2,1H3/t12-,14-/m0/s1. The number of rotatable bonds is 2. The number of thioether (sulfide) groups is 1. The van der Waals surface area contributed by atoms with E-state index in [4.69, 9.17) is 0 Å². The average Bonchev–Trinajstić information content (AvgIpc) is 2.82. The van der Waals surface area contributed by atoms with Crippen LogP contribution in [0.2, 0.25) is 0 Å². The number of fused-ring (bicyclic) bond motifs is 1. The zero-order valence-corrected chi connectivity index (χ0v) is 11.4. The minimum atomic E-state index is 0.698. The van der Waals surface area contributed by atoms with E-state index in [1.54, 1.807) is 5.56 Å². The third-order valence-electron chi connectivity index (χ3n) is 4.34. The Bertz CT molecular complexity index is 390. The maximum atomic E-state index is 2.78. The highest BCUT2D eigenvalue weighted by molar-refractivity contribution is 7.98. The van der Waals surface area contributed by atoms with Crippen LogP contribution >= 0.6 is 11.8 Å². The number of benzene rings is 1. The Kier molecular flexibility index (Phi) is 3.44. The number of piperidine rings is 1. The molecule has 2 fully saturated rings. The van der Waals surface area contributed by atoms with E-state index in [-0.39, 0.29) is 0 Å². The Morgan fingerprint density at radius 2 is 2.00 bits per heavy atom. The number of hydrogen-bond acceptors (Lipinski definition) is 2. The zero-order valence-electron chi connectivity index (χ0n) is 10.6. The Balaban J connectivity index is 1.88. The molecule has 2 heterocycles. The molecule has 0 bridgehead atoms. The van der Waals surface area contributed by atoms with Crippen LogP contribution in [0.15, 0.2) is 29.2 Å². The molecule has 0 unspecified atom stereocenters. The van der Waals surface area contributed by atoms with E-state index in [0.29, 0.717) is 6.04 Å². The van der Waals surface area contributed by atoms with Crippen molar-refractivity contribution >= 4 is 11.8 Å². The number of hydrogen-bond donors (Lipinski definition) is 0. The van der Waals surface area contributed by atoms with Crippen molar-refractivity contribution < 1.29 is 0 Å². The molecular formula is C15H21NS. The molecule has 0 amide bonds. The first kappa shape index (κ1) is 11.6. The van der Waals surface area contributed by atoms with Crippen molar-refractivity contribution in [2.24, 2.45) is 0 Å². The van der Waals surface area contributed by atoms with Crippen LogP contribution in [0, 0.1) is 0 Å². The van der Waals surface area contributed by atoms with Crippen LogP contribution in [-0.2, 0) is 0 Å². The van der Waals surface area contributed by atoms with E-state index in [0.717, 1.165) is 6.04 Å². The quantitative estimate of drug-likeness (QED) is 0.724. The van der Waals surface area contributed by atoms with Crippen molar-refractivity contribution in [1.29, 1.82) is 0 Å². The molecule has 3 rings (SSSR count). The summed E-state index contributed by atoms with van der Waals surface area (Å²) >= 11 is 1.89. The molecule has 17 heavy (non-hydrogen) atoms. The first-order valence-corrected chi connectivity index (χ1v) is 8.01. The molecule has 2 aliphatic heterocycles. The van der Waals surface area contributed by atoms with Gasteiger partial charge in [0.15, 0.2) is 0 Å². The van der Waals surface area contributed by atoms with Gasteiger partial charge in [0, 0.05) is 17.0 Å². The summed E-state index contributed by atoms with van der Waals surface area (Å²) in [6.07, 6.45) is 9.24. The van der Waals surface area contributed by atoms with Crippen LogP contribution in [0.5, 0.6) is 0 Å². The van der Waals surface area contributed by atoms with Gasteiger partial charge in [-0.2, -0.15) is 0 Å². The van der Waals surface area contributed by atoms with Crippen LogP contribution < -0.4 is 0 Å². The average molecular weight is 247 g/mol. The molecule has 0 aliphatic carbocycles. The van der Waals surface area contributed by atoms with Crippen molar-refractivity contribution in [3.63, 3.8) is 0 Å². The molecule has 0 radical (unpaired) electrons. The van der Waals surface area contributed by atoms with Gasteiger partial charge in [0.05, 0.1) is 0 Å². The molecule has 0 N–H and O–H groups in total. The molecule has 2 aliphatic rings. The van der Waals surface area contributed by atoms with E-state index in [2.05, 4.69) is 35.4 Å². The van der Waals surface area contributed by atoms with Crippen LogP contribution in [0.3, 0.4) is 0 Å². The van der Waals surface area contributed by atoms with E-state index in [9.17, 15) is 0 Å². The lowest BCUT2D eigenvalue weighted by molar-refractivity contribution is 0.148. The Hall–Kier alpha value is -0.470. The maximum absolute atomic E-state index is 2.78. The van der Waals surface area contributed by atoms with Crippen molar-refractivity contribution in [2.75, 3.05) is 12.8 Å². The smallest absolute Gasteiger partial charge is 0.0362 e. The second-order valence-corrected chi connectivity index (χ2v) is 6.07. The van der Waals surface area contributed by atoms with Crippen LogP contribution in [-0.4, -0.2) is 23.7 Å². The molecule has 1 nitrogen and oxygen atoms in total. The molecule has 0 spiro atoms. The van der Waals surface area contributed by atoms with Gasteiger partial charge in [0.2, 0.25) is 0 Å². The van der Waals surface area contributed by atoms with E-state index in [1.165, 1.54) is 43.5 Å². The number of nitrogens with zero attached hydrogens (tertiary/aromatic N) is 1. The predicted octanol–water partition coefficient (Wildman–Crippen LogP) is 4.10. The fourth-order valence-corrected chi connectivity index (χ4v) is 4.19. The van der Waals surface area contributed by atoms with Gasteiger partial charge in [0.25, 0.3) is 0 Å². The highest BCUT2D eigenvalue weighted by atomic mass is 32.2. The summed E-state index contributed by atoms with van der Waals surface area (Å²) in [5.74, 6) is 0. The normalized spacial score (nSPS) is 29.2. The molecular weight excluding hydrogens is 226 g/mol. The maximum Gasteiger partial charge on any atom is 0.0362 e. The van der Waals surface area contributed by atoms with Crippen molar-refractivity contribution in [3.8, 4) is 0 Å². The van der Waals surface area contributed by atoms with Gasteiger partial charge >= 0.3 is 0 Å². The molecule has 0 aromatic heterocycles. The van der Waals surface area contributed by atoms with E-state index in [1.807, 2.05) is 11.8 Å². The lowest BCUT2D eigenvalue weighted by Crippen LogP contribution is -2.35. The fourth-order valence-electron chi connectivity index (χ4n) is 3.54. The van der Waals surface area contributed by atoms with Crippen molar-refractivity contribution in [2.45, 2.75) is 49.1 Å². The second kappa shape index (κ2) is 5.03.